The molecule has 0 saturated carbocycles. The van der Waals surface area contributed by atoms with Crippen LogP contribution in [0.3, 0.4) is 0 Å². The lowest BCUT2D eigenvalue weighted by Gasteiger charge is -2.37. The maximum absolute atomic E-state index is 12.9. The monoisotopic (exact) mass is 1080 g/mol. The molecule has 2 aromatic heterocycles. The number of likely N-dealkylation sites (tertiary alicyclic amines) is 1. The van der Waals surface area contributed by atoms with Gasteiger partial charge >= 0.3 is 0 Å². The van der Waals surface area contributed by atoms with Crippen molar-refractivity contribution in [3.05, 3.63) is 121 Å². The maximum atomic E-state index is 12.9. The highest BCUT2D eigenvalue weighted by Crippen LogP contribution is 2.47. The number of rotatable bonds is 8. The first-order valence-electron chi connectivity index (χ1n) is 21.0. The van der Waals surface area contributed by atoms with Crippen molar-refractivity contribution in [2.75, 3.05) is 45.8 Å². The van der Waals surface area contributed by atoms with E-state index in [1.807, 2.05) is 24.5 Å². The Morgan fingerprint density at radius 1 is 0.707 bits per heavy atom. The minimum Gasteiger partial charge on any atom is -0.343 e. The summed E-state index contributed by atoms with van der Waals surface area (Å²) in [5.74, 6) is 1.93. The van der Waals surface area contributed by atoms with Crippen LogP contribution in [0.5, 0.6) is 0 Å². The molecule has 4 heterocycles. The molecule has 58 heavy (non-hydrogen) atoms. The van der Waals surface area contributed by atoms with Gasteiger partial charge in [0.2, 0.25) is 5.91 Å². The van der Waals surface area contributed by atoms with Gasteiger partial charge in [0.15, 0.2) is 0 Å². The molecule has 4 aliphatic rings. The lowest BCUT2D eigenvalue weighted by molar-refractivity contribution is -0.132. The Morgan fingerprint density at radius 2 is 1.17 bits per heavy atom. The fourth-order valence-electron chi connectivity index (χ4n) is 9.87. The number of aromatic nitrogens is 2. The zero-order chi connectivity index (χ0) is 40.9. The molecule has 0 radical (unpaired) electrons. The van der Waals surface area contributed by atoms with Crippen LogP contribution in [0.4, 0.5) is 0 Å². The standard InChI is InChI=1S/C27H34Br2ClN3O.C19H19Br2ClN2/c1-3-32(4-2)11-5-6-24(34)33-12-9-18(10-13-33)26-25-19(15-22(30)16-23(25)29)7-8-20-14-21(28)17-31-27(20)26;20-14-7-13-2-1-12-8-15(22)9-16(21)17(12)18(19(13)24-10-14)11-3-5-23-6-4-11/h14-18,26H,3-13H2,1-2H3;7-11,18,23H,1-6H2. The SMILES string of the molecule is CCN(CC)CCCC(=O)N1CCC(C2c3ncc(Br)cc3CCc3cc(Cl)cc(Br)c32)CC1.Clc1cc(Br)c2c(c1)CCc1cc(Br)cnc1C2C1CCNCC1. The molecule has 2 atom stereocenters. The first-order chi connectivity index (χ1) is 28.0. The van der Waals surface area contributed by atoms with E-state index in [4.69, 9.17) is 33.2 Å². The second-order valence-corrected chi connectivity index (χ2v) is 20.6. The number of carbonyl (C=O) groups excluding carboxylic acids is 1. The van der Waals surface area contributed by atoms with Crippen molar-refractivity contribution in [3.8, 4) is 0 Å². The molecule has 2 saturated heterocycles. The molecule has 2 unspecified atom stereocenters. The number of fused-ring (bicyclic) bond motifs is 4. The third kappa shape index (κ3) is 10.4. The molecule has 12 heteroatoms. The first-order valence-corrected chi connectivity index (χ1v) is 24.9. The predicted molar refractivity (Wildman–Crippen MR) is 253 cm³/mol. The summed E-state index contributed by atoms with van der Waals surface area (Å²) < 4.78 is 4.30. The van der Waals surface area contributed by atoms with Crippen molar-refractivity contribution < 1.29 is 4.79 Å². The largest absolute Gasteiger partial charge is 0.343 e. The van der Waals surface area contributed by atoms with Crippen molar-refractivity contribution in [2.24, 2.45) is 11.8 Å². The maximum Gasteiger partial charge on any atom is 0.222 e. The Kier molecular flexibility index (Phi) is 15.9. The van der Waals surface area contributed by atoms with Crippen LogP contribution >= 0.6 is 86.9 Å². The van der Waals surface area contributed by atoms with Gasteiger partial charge in [-0.15, -0.1) is 0 Å². The molecular weight excluding hydrogens is 1030 g/mol. The van der Waals surface area contributed by atoms with E-state index in [2.05, 4.69) is 117 Å². The number of pyridine rings is 2. The number of benzene rings is 2. The molecule has 2 aliphatic heterocycles. The van der Waals surface area contributed by atoms with Crippen molar-refractivity contribution in [3.63, 3.8) is 0 Å². The molecule has 1 N–H and O–H groups in total. The van der Waals surface area contributed by atoms with E-state index in [0.29, 0.717) is 30.1 Å². The van der Waals surface area contributed by atoms with E-state index < -0.39 is 0 Å². The number of amides is 1. The Morgan fingerprint density at radius 3 is 1.66 bits per heavy atom. The van der Waals surface area contributed by atoms with Crippen LogP contribution in [0.2, 0.25) is 10.0 Å². The molecule has 0 bridgehead atoms. The van der Waals surface area contributed by atoms with Crippen LogP contribution in [0.15, 0.2) is 66.7 Å². The summed E-state index contributed by atoms with van der Waals surface area (Å²) in [6, 6.07) is 12.8. The average molecular weight is 1080 g/mol. The number of hydrogen-bond donors (Lipinski definition) is 1. The second kappa shape index (κ2) is 20.7. The normalized spacial score (nSPS) is 19.6. The summed E-state index contributed by atoms with van der Waals surface area (Å²) >= 11 is 27.6. The van der Waals surface area contributed by atoms with E-state index in [0.717, 1.165) is 119 Å². The molecule has 2 aromatic carbocycles. The lowest BCUT2D eigenvalue weighted by atomic mass is 9.76. The van der Waals surface area contributed by atoms with E-state index in [1.165, 1.54) is 57.6 Å². The topological polar surface area (TPSA) is 61.4 Å². The Balaban J connectivity index is 0.000000187. The van der Waals surface area contributed by atoms with Crippen LogP contribution in [-0.2, 0) is 30.5 Å². The third-order valence-electron chi connectivity index (χ3n) is 12.8. The highest BCUT2D eigenvalue weighted by Gasteiger charge is 2.37. The summed E-state index contributed by atoms with van der Waals surface area (Å²) in [5, 5.41) is 5.07. The van der Waals surface area contributed by atoms with E-state index in [-0.39, 0.29) is 5.92 Å². The Bertz CT molecular complexity index is 2080. The van der Waals surface area contributed by atoms with Crippen molar-refractivity contribution in [2.45, 2.75) is 89.9 Å². The highest BCUT2D eigenvalue weighted by molar-refractivity contribution is 9.11. The van der Waals surface area contributed by atoms with Gasteiger partial charge in [0.25, 0.3) is 0 Å². The fourth-order valence-corrected chi connectivity index (χ4v) is 12.9. The zero-order valence-electron chi connectivity index (χ0n) is 33.4. The summed E-state index contributed by atoms with van der Waals surface area (Å²) in [4.78, 5) is 27.2. The Labute approximate surface area is 388 Å². The first kappa shape index (κ1) is 44.7. The Hall–Kier alpha value is -1.37. The minimum absolute atomic E-state index is 0.215. The number of nitrogens with one attached hydrogen (secondary N) is 1. The van der Waals surface area contributed by atoms with Gasteiger partial charge in [-0.3, -0.25) is 14.8 Å². The van der Waals surface area contributed by atoms with Gasteiger partial charge in [0.05, 0.1) is 11.4 Å². The highest BCUT2D eigenvalue weighted by atomic mass is 79.9. The lowest BCUT2D eigenvalue weighted by Crippen LogP contribution is -2.40. The summed E-state index contributed by atoms with van der Waals surface area (Å²) in [6.07, 6.45) is 13.8. The molecule has 310 valence electrons. The predicted octanol–water partition coefficient (Wildman–Crippen LogP) is 12.3. The quantitative estimate of drug-likeness (QED) is 0.191. The van der Waals surface area contributed by atoms with Crippen molar-refractivity contribution >= 4 is 92.8 Å². The molecule has 0 spiro atoms. The molecule has 6 nitrogen and oxygen atoms in total. The van der Waals surface area contributed by atoms with Crippen LogP contribution in [0.25, 0.3) is 0 Å². The van der Waals surface area contributed by atoms with E-state index in [9.17, 15) is 4.79 Å². The third-order valence-corrected chi connectivity index (χ3v) is 15.4. The van der Waals surface area contributed by atoms with Gasteiger partial charge in [-0.1, -0.05) is 68.9 Å². The van der Waals surface area contributed by atoms with Gasteiger partial charge in [-0.25, -0.2) is 0 Å². The van der Waals surface area contributed by atoms with Crippen LogP contribution in [0, 0.1) is 11.8 Å². The van der Waals surface area contributed by atoms with Gasteiger partial charge in [0, 0.05) is 71.7 Å². The van der Waals surface area contributed by atoms with Gasteiger partial charge in [-0.05, 0) is 204 Å². The summed E-state index contributed by atoms with van der Waals surface area (Å²) in [6.45, 7) is 11.3. The molecule has 8 rings (SSSR count). The smallest absolute Gasteiger partial charge is 0.222 e. The summed E-state index contributed by atoms with van der Waals surface area (Å²) in [7, 11) is 0. The summed E-state index contributed by atoms with van der Waals surface area (Å²) in [5.41, 5.74) is 10.5. The molecule has 2 fully saturated rings. The molecule has 1 amide bonds. The molecular formula is C46H53Br4Cl2N5O. The number of hydrogen-bond acceptors (Lipinski definition) is 5. The molecule has 4 aromatic rings. The number of nitrogens with zero attached hydrogens (tertiary/aromatic N) is 4. The van der Waals surface area contributed by atoms with E-state index in [1.54, 1.807) is 0 Å². The van der Waals surface area contributed by atoms with E-state index >= 15 is 0 Å². The van der Waals surface area contributed by atoms with Crippen molar-refractivity contribution in [1.29, 1.82) is 0 Å². The molecule has 2 aliphatic carbocycles. The van der Waals surface area contributed by atoms with Crippen LogP contribution in [0.1, 0.15) is 109 Å². The number of aryl methyl sites for hydroxylation is 4. The van der Waals surface area contributed by atoms with Gasteiger partial charge in [-0.2, -0.15) is 0 Å². The minimum atomic E-state index is 0.215. The van der Waals surface area contributed by atoms with Crippen molar-refractivity contribution in [1.82, 2.24) is 25.1 Å². The zero-order valence-corrected chi connectivity index (χ0v) is 41.3. The average Bonchev–Trinajstić information content (AvgIpc) is 3.48. The van der Waals surface area contributed by atoms with Gasteiger partial charge in [0.1, 0.15) is 0 Å². The second-order valence-electron chi connectivity index (χ2n) is 16.2. The number of carbonyl (C=O) groups is 1. The fraction of sp³-hybridized carbons (Fsp3) is 0.500. The van der Waals surface area contributed by atoms with Crippen LogP contribution in [-0.4, -0.2) is 71.5 Å². The number of halogens is 6. The number of piperidine rings is 2. The van der Waals surface area contributed by atoms with Crippen LogP contribution < -0.4 is 5.32 Å². The van der Waals surface area contributed by atoms with Gasteiger partial charge < -0.3 is 15.1 Å².